The summed E-state index contributed by atoms with van der Waals surface area (Å²) in [5.41, 5.74) is 0.994. The Balaban J connectivity index is 1.93. The number of pyridine rings is 1. The van der Waals surface area contributed by atoms with Crippen LogP contribution in [0.4, 0.5) is 0 Å². The minimum atomic E-state index is -0.919. The van der Waals surface area contributed by atoms with E-state index in [0.717, 1.165) is 5.56 Å². The average molecular weight is 551 g/mol. The monoisotopic (exact) mass is 550 g/mol. The van der Waals surface area contributed by atoms with E-state index >= 15 is 0 Å². The maximum absolute atomic E-state index is 13.5. The van der Waals surface area contributed by atoms with Crippen LogP contribution in [0.3, 0.4) is 0 Å². The maximum atomic E-state index is 13.5. The molecule has 3 rings (SSSR count). The van der Waals surface area contributed by atoms with Gasteiger partial charge in [0.15, 0.2) is 0 Å². The molecule has 0 aliphatic carbocycles. The zero-order valence-corrected chi connectivity index (χ0v) is 23.4. The first-order chi connectivity index (χ1) is 19.1. The zero-order chi connectivity index (χ0) is 29.2. The van der Waals surface area contributed by atoms with Crippen LogP contribution in [-0.4, -0.2) is 89.1 Å². The van der Waals surface area contributed by atoms with Crippen LogP contribution in [0.2, 0.25) is 0 Å². The second-order valence-corrected chi connectivity index (χ2v) is 10.4. The summed E-state index contributed by atoms with van der Waals surface area (Å²) in [6.45, 7) is 5.14. The molecule has 0 unspecified atom stereocenters. The first-order valence-electron chi connectivity index (χ1n) is 13.4. The van der Waals surface area contributed by atoms with E-state index in [1.54, 1.807) is 25.1 Å². The van der Waals surface area contributed by atoms with Gasteiger partial charge in [0.1, 0.15) is 23.8 Å². The first kappa shape index (κ1) is 30.3. The lowest BCUT2D eigenvalue weighted by atomic mass is 10.0. The topological polar surface area (TPSA) is 141 Å². The average Bonchev–Trinajstić information content (AvgIpc) is 2.94. The second-order valence-electron chi connectivity index (χ2n) is 10.4. The number of hydrogen-bond acceptors (Lipinski definition) is 6. The van der Waals surface area contributed by atoms with Gasteiger partial charge in [-0.05, 0) is 37.0 Å². The SMILES string of the molecule is CC(C)C[C@@H]1NC(=O)CN(C(=O)c2ccccn2)CCNC(=O)[C@H](Cc2ccccc2)NC(=O)[C@H](C)N(C)C1=O. The molecule has 1 fully saturated rings. The van der Waals surface area contributed by atoms with Gasteiger partial charge in [-0.3, -0.25) is 29.0 Å². The van der Waals surface area contributed by atoms with Crippen LogP contribution in [0.5, 0.6) is 0 Å². The summed E-state index contributed by atoms with van der Waals surface area (Å²) in [5.74, 6) is -2.33. The zero-order valence-electron chi connectivity index (χ0n) is 23.4. The van der Waals surface area contributed by atoms with Crippen LogP contribution >= 0.6 is 0 Å². The van der Waals surface area contributed by atoms with Gasteiger partial charge in [0.05, 0.1) is 6.54 Å². The molecule has 3 N–H and O–H groups in total. The molecule has 2 aromatic rings. The maximum Gasteiger partial charge on any atom is 0.272 e. The number of nitrogens with one attached hydrogen (secondary N) is 3. The van der Waals surface area contributed by atoms with Gasteiger partial charge < -0.3 is 25.8 Å². The third-order valence-corrected chi connectivity index (χ3v) is 6.75. The third kappa shape index (κ3) is 8.36. The molecule has 214 valence electrons. The molecule has 0 spiro atoms. The molecule has 3 atom stereocenters. The van der Waals surface area contributed by atoms with Gasteiger partial charge in [-0.25, -0.2) is 0 Å². The van der Waals surface area contributed by atoms with Gasteiger partial charge in [0.25, 0.3) is 5.91 Å². The van der Waals surface area contributed by atoms with E-state index in [1.807, 2.05) is 44.2 Å². The Morgan fingerprint density at radius 2 is 1.68 bits per heavy atom. The summed E-state index contributed by atoms with van der Waals surface area (Å²) in [7, 11) is 1.49. The summed E-state index contributed by atoms with van der Waals surface area (Å²) in [6, 6.07) is 11.4. The predicted octanol–water partition coefficient (Wildman–Crippen LogP) is 0.759. The largest absolute Gasteiger partial charge is 0.353 e. The lowest BCUT2D eigenvalue weighted by Crippen LogP contribution is -2.57. The Kier molecular flexibility index (Phi) is 10.7. The summed E-state index contributed by atoms with van der Waals surface area (Å²) in [6.07, 6.45) is 2.05. The van der Waals surface area contributed by atoms with E-state index in [-0.39, 0.29) is 37.7 Å². The van der Waals surface area contributed by atoms with Crippen molar-refractivity contribution in [2.24, 2.45) is 5.92 Å². The van der Waals surface area contributed by atoms with Crippen molar-refractivity contribution < 1.29 is 24.0 Å². The van der Waals surface area contributed by atoms with Crippen molar-refractivity contribution in [3.8, 4) is 0 Å². The van der Waals surface area contributed by atoms with E-state index in [2.05, 4.69) is 20.9 Å². The number of aromatic nitrogens is 1. The Hall–Kier alpha value is -4.28. The first-order valence-corrected chi connectivity index (χ1v) is 13.4. The molecule has 0 radical (unpaired) electrons. The van der Waals surface area contributed by atoms with E-state index < -0.39 is 47.7 Å². The van der Waals surface area contributed by atoms with Gasteiger partial charge >= 0.3 is 0 Å². The number of likely N-dealkylation sites (N-methyl/N-ethyl adjacent to an activating group) is 1. The minimum absolute atomic E-state index is 0.0136. The van der Waals surface area contributed by atoms with Gasteiger partial charge in [-0.15, -0.1) is 0 Å². The summed E-state index contributed by atoms with van der Waals surface area (Å²) < 4.78 is 0. The number of amides is 5. The molecule has 0 bridgehead atoms. The molecule has 11 heteroatoms. The fraction of sp³-hybridized carbons (Fsp3) is 0.448. The normalized spacial score (nSPS) is 21.7. The number of hydrogen-bond donors (Lipinski definition) is 3. The molecule has 1 aliphatic rings. The highest BCUT2D eigenvalue weighted by Crippen LogP contribution is 2.12. The van der Waals surface area contributed by atoms with E-state index in [0.29, 0.717) is 6.42 Å². The van der Waals surface area contributed by atoms with Crippen molar-refractivity contribution in [1.29, 1.82) is 0 Å². The molecule has 11 nitrogen and oxygen atoms in total. The molecule has 1 aromatic carbocycles. The molecule has 5 amide bonds. The molecule has 1 saturated heterocycles. The molecule has 2 heterocycles. The lowest BCUT2D eigenvalue weighted by Gasteiger charge is -2.30. The quantitative estimate of drug-likeness (QED) is 0.502. The van der Waals surface area contributed by atoms with Crippen molar-refractivity contribution in [1.82, 2.24) is 30.7 Å². The van der Waals surface area contributed by atoms with Crippen molar-refractivity contribution in [3.05, 3.63) is 66.0 Å². The number of rotatable bonds is 5. The van der Waals surface area contributed by atoms with Crippen molar-refractivity contribution in [3.63, 3.8) is 0 Å². The summed E-state index contributed by atoms with van der Waals surface area (Å²) in [4.78, 5) is 72.9. The second kappa shape index (κ2) is 14.2. The highest BCUT2D eigenvalue weighted by atomic mass is 16.2. The van der Waals surface area contributed by atoms with Crippen LogP contribution in [0.1, 0.15) is 43.2 Å². The Labute approximate surface area is 234 Å². The predicted molar refractivity (Wildman–Crippen MR) is 149 cm³/mol. The van der Waals surface area contributed by atoms with Crippen LogP contribution in [-0.2, 0) is 25.6 Å². The Morgan fingerprint density at radius 3 is 2.33 bits per heavy atom. The smallest absolute Gasteiger partial charge is 0.272 e. The van der Waals surface area contributed by atoms with Crippen molar-refractivity contribution in [2.75, 3.05) is 26.7 Å². The summed E-state index contributed by atoms with van der Waals surface area (Å²) >= 11 is 0. The van der Waals surface area contributed by atoms with Crippen LogP contribution < -0.4 is 16.0 Å². The highest BCUT2D eigenvalue weighted by Gasteiger charge is 2.33. The Bertz CT molecular complexity index is 1190. The van der Waals surface area contributed by atoms with Crippen molar-refractivity contribution >= 4 is 29.5 Å². The van der Waals surface area contributed by atoms with Gasteiger partial charge in [-0.1, -0.05) is 50.2 Å². The molecule has 1 aromatic heterocycles. The molecule has 1 aliphatic heterocycles. The lowest BCUT2D eigenvalue weighted by molar-refractivity contribution is -0.142. The number of nitrogens with zero attached hydrogens (tertiary/aromatic N) is 3. The van der Waals surface area contributed by atoms with E-state index in [1.165, 1.54) is 23.0 Å². The minimum Gasteiger partial charge on any atom is -0.353 e. The molecule has 40 heavy (non-hydrogen) atoms. The van der Waals surface area contributed by atoms with E-state index in [4.69, 9.17) is 0 Å². The highest BCUT2D eigenvalue weighted by molar-refractivity contribution is 5.97. The number of carbonyl (C=O) groups excluding carboxylic acids is 5. The van der Waals surface area contributed by atoms with Gasteiger partial charge in [-0.2, -0.15) is 0 Å². The molecule has 0 saturated carbocycles. The van der Waals surface area contributed by atoms with Gasteiger partial charge in [0, 0.05) is 32.8 Å². The number of benzene rings is 1. The number of carbonyl (C=O) groups is 5. The van der Waals surface area contributed by atoms with Crippen molar-refractivity contribution in [2.45, 2.75) is 51.7 Å². The Morgan fingerprint density at radius 1 is 0.975 bits per heavy atom. The van der Waals surface area contributed by atoms with Crippen LogP contribution in [0.15, 0.2) is 54.7 Å². The van der Waals surface area contributed by atoms with E-state index in [9.17, 15) is 24.0 Å². The van der Waals surface area contributed by atoms with Gasteiger partial charge in [0.2, 0.25) is 23.6 Å². The molecular weight excluding hydrogens is 512 g/mol. The summed E-state index contributed by atoms with van der Waals surface area (Å²) in [5, 5.41) is 8.33. The van der Waals surface area contributed by atoms with Crippen LogP contribution in [0.25, 0.3) is 0 Å². The van der Waals surface area contributed by atoms with Crippen LogP contribution in [0, 0.1) is 5.92 Å². The fourth-order valence-electron chi connectivity index (χ4n) is 4.41. The fourth-order valence-corrected chi connectivity index (χ4v) is 4.41. The molecular formula is C29H38N6O5. The third-order valence-electron chi connectivity index (χ3n) is 6.75. The standard InChI is InChI=1S/C29H38N6O5/c1-19(2)16-24-28(39)34(4)20(3)26(37)33-23(17-21-10-6-5-7-11-21)27(38)31-14-15-35(18-25(36)32-24)29(40)22-12-8-9-13-30-22/h5-13,19-20,23-24H,14-18H2,1-4H3,(H,31,38)(H,32,36)(H,33,37)/t20-,23-,24-/m0/s1.